The summed E-state index contributed by atoms with van der Waals surface area (Å²) < 4.78 is 5.65. The smallest absolute Gasteiger partial charge is 0.373 e. The van der Waals surface area contributed by atoms with E-state index in [9.17, 15) is 9.90 Å². The van der Waals surface area contributed by atoms with Crippen LogP contribution in [0.2, 0.25) is 0 Å². The molecule has 1 aromatic carbocycles. The third-order valence-electron chi connectivity index (χ3n) is 4.30. The molecule has 0 saturated heterocycles. The van der Waals surface area contributed by atoms with Gasteiger partial charge in [0.15, 0.2) is 0 Å². The predicted octanol–water partition coefficient (Wildman–Crippen LogP) is 3.33. The van der Waals surface area contributed by atoms with Crippen molar-refractivity contribution < 1.29 is 14.3 Å². The lowest BCUT2D eigenvalue weighted by molar-refractivity contribution is 0.0658. The van der Waals surface area contributed by atoms with E-state index in [1.54, 1.807) is 0 Å². The molecule has 2 fully saturated rings. The zero-order chi connectivity index (χ0) is 13.7. The molecule has 1 aromatic heterocycles. The van der Waals surface area contributed by atoms with E-state index in [0.29, 0.717) is 11.6 Å². The molecule has 0 amide bonds. The molecule has 4 nitrogen and oxygen atoms in total. The van der Waals surface area contributed by atoms with E-state index in [0.717, 1.165) is 25.7 Å². The van der Waals surface area contributed by atoms with Crippen LogP contribution in [0.1, 0.15) is 59.3 Å². The van der Waals surface area contributed by atoms with Gasteiger partial charge in [-0.05, 0) is 31.2 Å². The molecule has 0 bridgehead atoms. The van der Waals surface area contributed by atoms with Gasteiger partial charge in [0.2, 0.25) is 11.7 Å². The van der Waals surface area contributed by atoms with Gasteiger partial charge in [-0.25, -0.2) is 9.78 Å². The zero-order valence-electron chi connectivity index (χ0n) is 11.0. The summed E-state index contributed by atoms with van der Waals surface area (Å²) in [5, 5.41) is 9.28. The second kappa shape index (κ2) is 3.95. The summed E-state index contributed by atoms with van der Waals surface area (Å²) in [4.78, 5) is 15.9. The molecule has 4 rings (SSSR count). The van der Waals surface area contributed by atoms with E-state index in [1.807, 2.05) is 18.2 Å². The minimum absolute atomic E-state index is 0.0460. The molecule has 2 aliphatic carbocycles. The number of benzene rings is 1. The van der Waals surface area contributed by atoms with Crippen molar-refractivity contribution in [2.24, 2.45) is 0 Å². The zero-order valence-corrected chi connectivity index (χ0v) is 11.0. The molecule has 2 saturated carbocycles. The fourth-order valence-electron chi connectivity index (χ4n) is 2.83. The molecule has 0 atom stereocenters. The topological polar surface area (TPSA) is 63.3 Å². The Balaban J connectivity index is 1.79. The SMILES string of the molecule is O=C(O)c1oc(C2(c3ccccc3)CC2)nc1C1CC1. The number of oxazole rings is 1. The third kappa shape index (κ3) is 1.68. The number of hydrogen-bond acceptors (Lipinski definition) is 3. The van der Waals surface area contributed by atoms with Crippen LogP contribution in [0.5, 0.6) is 0 Å². The van der Waals surface area contributed by atoms with Crippen LogP contribution in [0, 0.1) is 0 Å². The summed E-state index contributed by atoms with van der Waals surface area (Å²) in [7, 11) is 0. The maximum atomic E-state index is 11.3. The molecule has 2 aliphatic rings. The lowest BCUT2D eigenvalue weighted by Gasteiger charge is -2.10. The van der Waals surface area contributed by atoms with Crippen LogP contribution in [0.3, 0.4) is 0 Å². The van der Waals surface area contributed by atoms with Gasteiger partial charge in [0, 0.05) is 5.92 Å². The molecule has 1 heterocycles. The number of carboxylic acids is 1. The van der Waals surface area contributed by atoms with Crippen molar-refractivity contribution in [3.63, 3.8) is 0 Å². The Morgan fingerprint density at radius 1 is 1.25 bits per heavy atom. The molecule has 0 spiro atoms. The maximum absolute atomic E-state index is 11.3. The third-order valence-corrected chi connectivity index (χ3v) is 4.30. The highest BCUT2D eigenvalue weighted by molar-refractivity contribution is 5.86. The number of carbonyl (C=O) groups is 1. The highest BCUT2D eigenvalue weighted by atomic mass is 16.4. The highest BCUT2D eigenvalue weighted by Crippen LogP contribution is 2.54. The van der Waals surface area contributed by atoms with Crippen LogP contribution in [-0.4, -0.2) is 16.1 Å². The first-order valence-corrected chi connectivity index (χ1v) is 7.01. The standard InChI is InChI=1S/C16H15NO3/c18-14(19)13-12(10-6-7-10)17-15(20-13)16(8-9-16)11-4-2-1-3-5-11/h1-5,10H,6-9H2,(H,18,19). The quantitative estimate of drug-likeness (QED) is 0.924. The summed E-state index contributed by atoms with van der Waals surface area (Å²) in [6.45, 7) is 0. The van der Waals surface area contributed by atoms with Crippen molar-refractivity contribution in [3.05, 3.63) is 53.2 Å². The summed E-state index contributed by atoms with van der Waals surface area (Å²) >= 11 is 0. The minimum atomic E-state index is -1.01. The van der Waals surface area contributed by atoms with Gasteiger partial charge in [-0.1, -0.05) is 30.3 Å². The highest BCUT2D eigenvalue weighted by Gasteiger charge is 2.51. The Morgan fingerprint density at radius 3 is 2.50 bits per heavy atom. The predicted molar refractivity (Wildman–Crippen MR) is 71.9 cm³/mol. The Hall–Kier alpha value is -2.10. The van der Waals surface area contributed by atoms with Crippen LogP contribution in [0.4, 0.5) is 0 Å². The first-order valence-electron chi connectivity index (χ1n) is 7.01. The van der Waals surface area contributed by atoms with Crippen molar-refractivity contribution in [3.8, 4) is 0 Å². The molecule has 2 aromatic rings. The molecule has 4 heteroatoms. The largest absolute Gasteiger partial charge is 0.475 e. The van der Waals surface area contributed by atoms with E-state index in [-0.39, 0.29) is 17.1 Å². The summed E-state index contributed by atoms with van der Waals surface area (Å²) in [5.41, 5.74) is 1.62. The monoisotopic (exact) mass is 269 g/mol. The first kappa shape index (κ1) is 11.7. The van der Waals surface area contributed by atoms with Crippen LogP contribution in [-0.2, 0) is 5.41 Å². The lowest BCUT2D eigenvalue weighted by atomic mass is 9.96. The van der Waals surface area contributed by atoms with Crippen LogP contribution in [0.25, 0.3) is 0 Å². The van der Waals surface area contributed by atoms with Gasteiger partial charge >= 0.3 is 5.97 Å². The van der Waals surface area contributed by atoms with Crippen molar-refractivity contribution in [1.29, 1.82) is 0 Å². The molecule has 0 unspecified atom stereocenters. The van der Waals surface area contributed by atoms with Crippen molar-refractivity contribution in [1.82, 2.24) is 4.98 Å². The van der Waals surface area contributed by atoms with Gasteiger partial charge in [0.25, 0.3) is 0 Å². The summed E-state index contributed by atoms with van der Waals surface area (Å²) in [6.07, 6.45) is 3.98. The molecule has 0 radical (unpaired) electrons. The van der Waals surface area contributed by atoms with Gasteiger partial charge in [-0.3, -0.25) is 0 Å². The van der Waals surface area contributed by atoms with Crippen LogP contribution >= 0.6 is 0 Å². The lowest BCUT2D eigenvalue weighted by Crippen LogP contribution is -2.08. The van der Waals surface area contributed by atoms with Crippen molar-refractivity contribution >= 4 is 5.97 Å². The molecule has 0 aliphatic heterocycles. The Labute approximate surface area is 116 Å². The van der Waals surface area contributed by atoms with Gasteiger partial charge in [0.05, 0.1) is 11.1 Å². The Bertz CT molecular complexity index is 666. The number of carboxylic acid groups (broad SMARTS) is 1. The maximum Gasteiger partial charge on any atom is 0.373 e. The van der Waals surface area contributed by atoms with Crippen molar-refractivity contribution in [2.45, 2.75) is 37.0 Å². The Morgan fingerprint density at radius 2 is 1.95 bits per heavy atom. The number of rotatable bonds is 4. The number of aromatic nitrogens is 1. The van der Waals surface area contributed by atoms with E-state index in [4.69, 9.17) is 4.42 Å². The average molecular weight is 269 g/mol. The average Bonchev–Trinajstić information content (AvgIpc) is 3.38. The van der Waals surface area contributed by atoms with Gasteiger partial charge in [-0.2, -0.15) is 0 Å². The van der Waals surface area contributed by atoms with Gasteiger partial charge in [0.1, 0.15) is 0 Å². The number of aromatic carboxylic acids is 1. The first-order chi connectivity index (χ1) is 9.71. The second-order valence-corrected chi connectivity index (χ2v) is 5.76. The van der Waals surface area contributed by atoms with Crippen LogP contribution in [0.15, 0.2) is 34.7 Å². The van der Waals surface area contributed by atoms with E-state index in [1.165, 1.54) is 5.56 Å². The Kier molecular flexibility index (Phi) is 2.31. The van der Waals surface area contributed by atoms with E-state index >= 15 is 0 Å². The van der Waals surface area contributed by atoms with Crippen LogP contribution < -0.4 is 0 Å². The van der Waals surface area contributed by atoms with Crippen molar-refractivity contribution in [2.75, 3.05) is 0 Å². The van der Waals surface area contributed by atoms with E-state index in [2.05, 4.69) is 17.1 Å². The molecular formula is C16H15NO3. The fraction of sp³-hybridized carbons (Fsp3) is 0.375. The normalized spacial score (nSPS) is 19.8. The second-order valence-electron chi connectivity index (χ2n) is 5.76. The molecule has 102 valence electrons. The van der Waals surface area contributed by atoms with Gasteiger partial charge < -0.3 is 9.52 Å². The summed E-state index contributed by atoms with van der Waals surface area (Å²) in [5.74, 6) is -0.0904. The summed E-state index contributed by atoms with van der Waals surface area (Å²) in [6, 6.07) is 10.1. The molecular weight excluding hydrogens is 254 g/mol. The van der Waals surface area contributed by atoms with Gasteiger partial charge in [-0.15, -0.1) is 0 Å². The van der Waals surface area contributed by atoms with E-state index < -0.39 is 5.97 Å². The number of nitrogens with zero attached hydrogens (tertiary/aromatic N) is 1. The molecule has 20 heavy (non-hydrogen) atoms. The number of hydrogen-bond donors (Lipinski definition) is 1. The minimum Gasteiger partial charge on any atom is -0.475 e. The molecule has 1 N–H and O–H groups in total. The fourth-order valence-corrected chi connectivity index (χ4v) is 2.83.